The van der Waals surface area contributed by atoms with Gasteiger partial charge in [-0.15, -0.1) is 0 Å². The highest BCUT2D eigenvalue weighted by molar-refractivity contribution is 5.86. The molecule has 1 aromatic carbocycles. The van der Waals surface area contributed by atoms with Crippen molar-refractivity contribution in [2.75, 3.05) is 20.6 Å². The van der Waals surface area contributed by atoms with Gasteiger partial charge >= 0.3 is 6.18 Å². The smallest absolute Gasteiger partial charge is 0.354 e. The SMILES string of the molecule is CN(C)C(=O)CNC(=NCc1ccc(C(F)(F)F)cc1)NC1CCCC1. The maximum absolute atomic E-state index is 12.6. The van der Waals surface area contributed by atoms with Crippen molar-refractivity contribution >= 4 is 11.9 Å². The van der Waals surface area contributed by atoms with Crippen molar-refractivity contribution in [1.82, 2.24) is 15.5 Å². The Balaban J connectivity index is 2.01. The molecule has 1 fully saturated rings. The maximum atomic E-state index is 12.6. The van der Waals surface area contributed by atoms with E-state index in [0.29, 0.717) is 17.6 Å². The van der Waals surface area contributed by atoms with Gasteiger partial charge in [0.1, 0.15) is 0 Å². The number of carbonyl (C=O) groups excluding carboxylic acids is 1. The molecule has 1 amide bonds. The fraction of sp³-hybridized carbons (Fsp3) is 0.556. The monoisotopic (exact) mass is 370 g/mol. The van der Waals surface area contributed by atoms with Crippen LogP contribution in [0.2, 0.25) is 0 Å². The number of amides is 1. The lowest BCUT2D eigenvalue weighted by Crippen LogP contribution is -2.46. The molecular weight excluding hydrogens is 345 g/mol. The Morgan fingerprint density at radius 1 is 1.19 bits per heavy atom. The molecule has 5 nitrogen and oxygen atoms in total. The molecule has 1 aliphatic carbocycles. The van der Waals surface area contributed by atoms with Crippen LogP contribution in [0.1, 0.15) is 36.8 Å². The van der Waals surface area contributed by atoms with Crippen molar-refractivity contribution in [1.29, 1.82) is 0 Å². The van der Waals surface area contributed by atoms with Gasteiger partial charge in [0.25, 0.3) is 0 Å². The predicted octanol–water partition coefficient (Wildman–Crippen LogP) is 2.77. The first kappa shape index (κ1) is 20.1. The Labute approximate surface area is 151 Å². The summed E-state index contributed by atoms with van der Waals surface area (Å²) in [6.07, 6.45) is 0.0528. The van der Waals surface area contributed by atoms with E-state index < -0.39 is 11.7 Å². The van der Waals surface area contributed by atoms with Crippen LogP contribution in [0.4, 0.5) is 13.2 Å². The largest absolute Gasteiger partial charge is 0.416 e. The van der Waals surface area contributed by atoms with Gasteiger partial charge in [-0.2, -0.15) is 13.2 Å². The van der Waals surface area contributed by atoms with Crippen LogP contribution in [-0.4, -0.2) is 43.4 Å². The van der Waals surface area contributed by atoms with E-state index in [0.717, 1.165) is 37.8 Å². The highest BCUT2D eigenvalue weighted by Crippen LogP contribution is 2.29. The van der Waals surface area contributed by atoms with Crippen LogP contribution < -0.4 is 10.6 Å². The van der Waals surface area contributed by atoms with Crippen LogP contribution in [0.5, 0.6) is 0 Å². The maximum Gasteiger partial charge on any atom is 0.416 e. The summed E-state index contributed by atoms with van der Waals surface area (Å²) in [6, 6.07) is 5.26. The Morgan fingerprint density at radius 3 is 2.35 bits per heavy atom. The molecule has 0 saturated heterocycles. The van der Waals surface area contributed by atoms with Crippen molar-refractivity contribution in [2.45, 2.75) is 44.4 Å². The summed E-state index contributed by atoms with van der Waals surface area (Å²) in [4.78, 5) is 17.7. The first-order valence-corrected chi connectivity index (χ1v) is 8.67. The molecule has 0 spiro atoms. The van der Waals surface area contributed by atoms with Crippen molar-refractivity contribution in [2.24, 2.45) is 4.99 Å². The van der Waals surface area contributed by atoms with Crippen molar-refractivity contribution in [3.63, 3.8) is 0 Å². The number of aliphatic imine (C=N–C) groups is 1. The molecule has 26 heavy (non-hydrogen) atoms. The van der Waals surface area contributed by atoms with E-state index in [1.165, 1.54) is 17.0 Å². The van der Waals surface area contributed by atoms with E-state index in [2.05, 4.69) is 15.6 Å². The van der Waals surface area contributed by atoms with Gasteiger partial charge in [-0.1, -0.05) is 25.0 Å². The van der Waals surface area contributed by atoms with Crippen LogP contribution >= 0.6 is 0 Å². The number of nitrogens with zero attached hydrogens (tertiary/aromatic N) is 2. The minimum atomic E-state index is -4.34. The number of hydrogen-bond donors (Lipinski definition) is 2. The molecule has 1 aliphatic rings. The molecule has 2 rings (SSSR count). The number of rotatable bonds is 5. The van der Waals surface area contributed by atoms with Crippen LogP contribution in [-0.2, 0) is 17.5 Å². The van der Waals surface area contributed by atoms with E-state index in [9.17, 15) is 18.0 Å². The quantitative estimate of drug-likeness (QED) is 0.619. The molecule has 0 heterocycles. The third kappa shape index (κ3) is 6.24. The van der Waals surface area contributed by atoms with Crippen LogP contribution in [0.25, 0.3) is 0 Å². The normalized spacial score (nSPS) is 15.8. The average Bonchev–Trinajstić information content (AvgIpc) is 3.09. The number of carbonyl (C=O) groups is 1. The van der Waals surface area contributed by atoms with E-state index in [1.54, 1.807) is 14.1 Å². The van der Waals surface area contributed by atoms with Gasteiger partial charge < -0.3 is 15.5 Å². The minimum absolute atomic E-state index is 0.0829. The summed E-state index contributed by atoms with van der Waals surface area (Å²) in [5.41, 5.74) is -0.00584. The second-order valence-electron chi connectivity index (χ2n) is 6.63. The fourth-order valence-corrected chi connectivity index (χ4v) is 2.70. The van der Waals surface area contributed by atoms with Crippen LogP contribution in [0.15, 0.2) is 29.3 Å². The van der Waals surface area contributed by atoms with Crippen molar-refractivity contribution in [3.8, 4) is 0 Å². The number of halogens is 3. The number of guanidine groups is 1. The van der Waals surface area contributed by atoms with E-state index in [4.69, 9.17) is 0 Å². The number of hydrogen-bond acceptors (Lipinski definition) is 2. The summed E-state index contributed by atoms with van der Waals surface area (Å²) in [7, 11) is 3.35. The Kier molecular flexibility index (Phi) is 6.88. The predicted molar refractivity (Wildman–Crippen MR) is 94.7 cm³/mol. The zero-order valence-corrected chi connectivity index (χ0v) is 15.1. The summed E-state index contributed by atoms with van der Waals surface area (Å²) in [5.74, 6) is 0.424. The molecule has 0 atom stereocenters. The summed E-state index contributed by atoms with van der Waals surface area (Å²) >= 11 is 0. The second-order valence-corrected chi connectivity index (χ2v) is 6.63. The van der Waals surface area contributed by atoms with Gasteiger partial charge in [0.05, 0.1) is 18.7 Å². The van der Waals surface area contributed by atoms with Gasteiger partial charge in [0.2, 0.25) is 5.91 Å². The lowest BCUT2D eigenvalue weighted by atomic mass is 10.1. The molecular formula is C18H25F3N4O. The highest BCUT2D eigenvalue weighted by atomic mass is 19.4. The first-order chi connectivity index (χ1) is 12.3. The lowest BCUT2D eigenvalue weighted by Gasteiger charge is -2.18. The third-order valence-electron chi connectivity index (χ3n) is 4.30. The Bertz CT molecular complexity index is 620. The minimum Gasteiger partial charge on any atom is -0.354 e. The third-order valence-corrected chi connectivity index (χ3v) is 4.30. The summed E-state index contributed by atoms with van der Waals surface area (Å²) < 4.78 is 37.9. The van der Waals surface area contributed by atoms with Gasteiger partial charge in [-0.25, -0.2) is 4.99 Å². The standard InChI is InChI=1S/C18H25F3N4O/c1-25(2)16(26)12-23-17(24-15-5-3-4-6-15)22-11-13-7-9-14(10-8-13)18(19,20)21/h7-10,15H,3-6,11-12H2,1-2H3,(H2,22,23,24). The fourth-order valence-electron chi connectivity index (χ4n) is 2.70. The zero-order valence-electron chi connectivity index (χ0n) is 15.1. The van der Waals surface area contributed by atoms with E-state index >= 15 is 0 Å². The molecule has 2 N–H and O–H groups in total. The van der Waals surface area contributed by atoms with Crippen molar-refractivity contribution < 1.29 is 18.0 Å². The average molecular weight is 370 g/mol. The van der Waals surface area contributed by atoms with E-state index in [1.807, 2.05) is 0 Å². The van der Waals surface area contributed by atoms with Crippen LogP contribution in [0.3, 0.4) is 0 Å². The molecule has 8 heteroatoms. The summed E-state index contributed by atoms with van der Waals surface area (Å²) in [5, 5.41) is 6.31. The molecule has 1 saturated carbocycles. The van der Waals surface area contributed by atoms with Gasteiger partial charge in [0.15, 0.2) is 5.96 Å². The van der Waals surface area contributed by atoms with Gasteiger partial charge in [-0.3, -0.25) is 4.79 Å². The molecule has 0 bridgehead atoms. The zero-order chi connectivity index (χ0) is 19.2. The molecule has 0 aliphatic heterocycles. The topological polar surface area (TPSA) is 56.7 Å². The molecule has 0 radical (unpaired) electrons. The van der Waals surface area contributed by atoms with Gasteiger partial charge in [-0.05, 0) is 30.5 Å². The Hall–Kier alpha value is -2.25. The van der Waals surface area contributed by atoms with E-state index in [-0.39, 0.29) is 19.0 Å². The number of nitrogens with one attached hydrogen (secondary N) is 2. The number of alkyl halides is 3. The number of benzene rings is 1. The first-order valence-electron chi connectivity index (χ1n) is 8.67. The molecule has 144 valence electrons. The van der Waals surface area contributed by atoms with Crippen molar-refractivity contribution in [3.05, 3.63) is 35.4 Å². The molecule has 0 unspecified atom stereocenters. The lowest BCUT2D eigenvalue weighted by molar-refractivity contribution is -0.137. The highest BCUT2D eigenvalue weighted by Gasteiger charge is 2.29. The number of likely N-dealkylation sites (N-methyl/N-ethyl adjacent to an activating group) is 1. The summed E-state index contributed by atoms with van der Waals surface area (Å²) in [6.45, 7) is 0.342. The second kappa shape index (κ2) is 8.91. The van der Waals surface area contributed by atoms with Gasteiger partial charge in [0, 0.05) is 20.1 Å². The van der Waals surface area contributed by atoms with Crippen LogP contribution in [0, 0.1) is 0 Å². The molecule has 1 aromatic rings. The molecule has 0 aromatic heterocycles. The Morgan fingerprint density at radius 2 is 1.81 bits per heavy atom.